The highest BCUT2D eigenvalue weighted by atomic mass is 79.9. The van der Waals surface area contributed by atoms with Gasteiger partial charge in [0.15, 0.2) is 11.0 Å². The third-order valence-corrected chi connectivity index (χ3v) is 2.23. The Balaban J connectivity index is 3.22. The Morgan fingerprint density at radius 1 is 1.54 bits per heavy atom. The molecule has 0 unspecified atom stereocenters. The molecule has 1 aromatic heterocycles. The summed E-state index contributed by atoms with van der Waals surface area (Å²) in [6, 6.07) is 0.987. The third kappa shape index (κ3) is 2.34. The topological polar surface area (TPSA) is 12.9 Å². The zero-order valence-electron chi connectivity index (χ0n) is 6.20. The second-order valence-electron chi connectivity index (χ2n) is 2.25. The SMILES string of the molecule is Fc1c(CBr)cc(C(F)F)nc1Cl. The van der Waals surface area contributed by atoms with Gasteiger partial charge in [-0.15, -0.1) is 0 Å². The maximum atomic E-state index is 13.0. The van der Waals surface area contributed by atoms with E-state index in [1.807, 2.05) is 0 Å². The molecule has 0 amide bonds. The van der Waals surface area contributed by atoms with Gasteiger partial charge in [-0.2, -0.15) is 0 Å². The number of aromatic nitrogens is 1. The van der Waals surface area contributed by atoms with Gasteiger partial charge in [0.25, 0.3) is 6.43 Å². The van der Waals surface area contributed by atoms with Gasteiger partial charge in [-0.1, -0.05) is 27.5 Å². The van der Waals surface area contributed by atoms with Crippen molar-refractivity contribution in [3.8, 4) is 0 Å². The molecule has 0 atom stereocenters. The summed E-state index contributed by atoms with van der Waals surface area (Å²) in [6.45, 7) is 0. The Bertz CT molecular complexity index is 319. The van der Waals surface area contributed by atoms with Crippen LogP contribution in [0, 0.1) is 5.82 Å². The van der Waals surface area contributed by atoms with Crippen LogP contribution in [0.3, 0.4) is 0 Å². The van der Waals surface area contributed by atoms with Crippen LogP contribution >= 0.6 is 27.5 Å². The Morgan fingerprint density at radius 2 is 2.15 bits per heavy atom. The van der Waals surface area contributed by atoms with Crippen molar-refractivity contribution in [3.05, 3.63) is 28.3 Å². The van der Waals surface area contributed by atoms with Crippen LogP contribution in [0.1, 0.15) is 17.7 Å². The molecule has 6 heteroatoms. The summed E-state index contributed by atoms with van der Waals surface area (Å²) in [6.07, 6.45) is -2.74. The molecule has 1 heterocycles. The Hall–Kier alpha value is -0.290. The number of halogens is 5. The minimum Gasteiger partial charge on any atom is -0.232 e. The lowest BCUT2D eigenvalue weighted by atomic mass is 10.2. The molecule has 0 saturated heterocycles. The molecule has 0 spiro atoms. The van der Waals surface area contributed by atoms with Gasteiger partial charge in [0.2, 0.25) is 0 Å². The van der Waals surface area contributed by atoms with E-state index in [0.29, 0.717) is 0 Å². The largest absolute Gasteiger partial charge is 0.280 e. The molecule has 0 fully saturated rings. The van der Waals surface area contributed by atoms with E-state index in [4.69, 9.17) is 11.6 Å². The van der Waals surface area contributed by atoms with Gasteiger partial charge < -0.3 is 0 Å². The minimum absolute atomic E-state index is 0.0790. The molecule has 72 valence electrons. The van der Waals surface area contributed by atoms with Crippen LogP contribution in [-0.4, -0.2) is 4.98 Å². The molecule has 0 aliphatic heterocycles. The number of hydrogen-bond donors (Lipinski definition) is 0. The Morgan fingerprint density at radius 3 is 2.62 bits per heavy atom. The van der Waals surface area contributed by atoms with E-state index in [1.54, 1.807) is 0 Å². The van der Waals surface area contributed by atoms with Crippen LogP contribution in [0.5, 0.6) is 0 Å². The summed E-state index contributed by atoms with van der Waals surface area (Å²) >= 11 is 8.26. The molecule has 0 radical (unpaired) electrons. The first kappa shape index (κ1) is 10.8. The molecule has 0 aromatic carbocycles. The second-order valence-corrected chi connectivity index (χ2v) is 3.16. The van der Waals surface area contributed by atoms with Crippen LogP contribution in [0.15, 0.2) is 6.07 Å². The van der Waals surface area contributed by atoms with Crippen molar-refractivity contribution in [1.82, 2.24) is 4.98 Å². The standard InChI is InChI=1S/C7H4BrClF3N/c8-2-3-1-4(7(11)12)13-6(9)5(3)10/h1,7H,2H2. The first-order chi connectivity index (χ1) is 6.06. The highest BCUT2D eigenvalue weighted by Gasteiger charge is 2.15. The van der Waals surface area contributed by atoms with E-state index in [1.165, 1.54) is 0 Å². The predicted molar refractivity (Wildman–Crippen MR) is 46.8 cm³/mol. The average molecular weight is 274 g/mol. The number of hydrogen-bond acceptors (Lipinski definition) is 1. The van der Waals surface area contributed by atoms with Gasteiger partial charge in [0.05, 0.1) is 0 Å². The van der Waals surface area contributed by atoms with Gasteiger partial charge in [0, 0.05) is 10.9 Å². The van der Waals surface area contributed by atoms with Crippen LogP contribution in [-0.2, 0) is 5.33 Å². The van der Waals surface area contributed by atoms with Gasteiger partial charge >= 0.3 is 0 Å². The van der Waals surface area contributed by atoms with E-state index in [9.17, 15) is 13.2 Å². The summed E-state index contributed by atoms with van der Waals surface area (Å²) in [5.41, 5.74) is -0.434. The molecule has 0 aliphatic carbocycles. The maximum absolute atomic E-state index is 13.0. The van der Waals surface area contributed by atoms with Crippen LogP contribution in [0.2, 0.25) is 5.15 Å². The molecule has 1 aromatic rings. The molecular formula is C7H4BrClF3N. The zero-order valence-corrected chi connectivity index (χ0v) is 8.54. The Kier molecular flexibility index (Phi) is 3.55. The zero-order chi connectivity index (χ0) is 10.0. The van der Waals surface area contributed by atoms with Crippen LogP contribution in [0.4, 0.5) is 13.2 Å². The number of pyridine rings is 1. The van der Waals surface area contributed by atoms with Gasteiger partial charge in [-0.05, 0) is 6.07 Å². The molecule has 0 bridgehead atoms. The summed E-state index contributed by atoms with van der Waals surface area (Å²) in [5, 5.41) is -0.395. The van der Waals surface area contributed by atoms with E-state index in [0.717, 1.165) is 6.07 Å². The fourth-order valence-corrected chi connectivity index (χ4v) is 1.41. The molecule has 0 saturated carbocycles. The summed E-state index contributed by atoms with van der Waals surface area (Å²) in [7, 11) is 0. The van der Waals surface area contributed by atoms with Crippen molar-refractivity contribution in [2.75, 3.05) is 0 Å². The van der Waals surface area contributed by atoms with Gasteiger partial charge in [0.1, 0.15) is 5.69 Å². The molecule has 13 heavy (non-hydrogen) atoms. The van der Waals surface area contributed by atoms with E-state index >= 15 is 0 Å². The molecule has 1 rings (SSSR count). The summed E-state index contributed by atoms with van der Waals surface area (Å²) < 4.78 is 37.2. The van der Waals surface area contributed by atoms with Crippen LogP contribution in [0.25, 0.3) is 0 Å². The van der Waals surface area contributed by atoms with E-state index < -0.39 is 23.1 Å². The summed E-state index contributed by atoms with van der Waals surface area (Å²) in [4.78, 5) is 3.20. The van der Waals surface area contributed by atoms with E-state index in [2.05, 4.69) is 20.9 Å². The van der Waals surface area contributed by atoms with Gasteiger partial charge in [-0.3, -0.25) is 0 Å². The van der Waals surface area contributed by atoms with Crippen molar-refractivity contribution in [1.29, 1.82) is 0 Å². The van der Waals surface area contributed by atoms with Crippen molar-refractivity contribution in [3.63, 3.8) is 0 Å². The first-order valence-electron chi connectivity index (χ1n) is 3.25. The number of nitrogens with zero attached hydrogens (tertiary/aromatic N) is 1. The first-order valence-corrected chi connectivity index (χ1v) is 4.75. The van der Waals surface area contributed by atoms with Crippen LogP contribution < -0.4 is 0 Å². The van der Waals surface area contributed by atoms with E-state index in [-0.39, 0.29) is 10.9 Å². The van der Waals surface area contributed by atoms with Crippen molar-refractivity contribution >= 4 is 27.5 Å². The summed E-state index contributed by atoms with van der Waals surface area (Å²) in [5.74, 6) is -0.761. The van der Waals surface area contributed by atoms with Crippen molar-refractivity contribution in [2.24, 2.45) is 0 Å². The minimum atomic E-state index is -2.74. The Labute approximate surface area is 86.0 Å². The quantitative estimate of drug-likeness (QED) is 0.592. The molecular weight excluding hydrogens is 270 g/mol. The van der Waals surface area contributed by atoms with Gasteiger partial charge in [-0.25, -0.2) is 18.2 Å². The lowest BCUT2D eigenvalue weighted by Crippen LogP contribution is -1.97. The number of alkyl halides is 3. The smallest absolute Gasteiger partial charge is 0.232 e. The number of rotatable bonds is 2. The monoisotopic (exact) mass is 273 g/mol. The highest BCUT2D eigenvalue weighted by molar-refractivity contribution is 9.08. The second kappa shape index (κ2) is 4.28. The fraction of sp³-hybridized carbons (Fsp3) is 0.286. The predicted octanol–water partition coefficient (Wildman–Crippen LogP) is 3.71. The average Bonchev–Trinajstić information content (AvgIpc) is 2.09. The molecule has 0 aliphatic rings. The lowest BCUT2D eigenvalue weighted by Gasteiger charge is -2.04. The van der Waals surface area contributed by atoms with Crippen molar-refractivity contribution in [2.45, 2.75) is 11.8 Å². The van der Waals surface area contributed by atoms with Crippen molar-refractivity contribution < 1.29 is 13.2 Å². The normalized spacial score (nSPS) is 10.9. The molecule has 1 nitrogen and oxygen atoms in total. The highest BCUT2D eigenvalue weighted by Crippen LogP contribution is 2.24. The lowest BCUT2D eigenvalue weighted by molar-refractivity contribution is 0.146. The third-order valence-electron chi connectivity index (χ3n) is 1.38. The fourth-order valence-electron chi connectivity index (χ4n) is 0.778. The maximum Gasteiger partial charge on any atom is 0.280 e. The molecule has 0 N–H and O–H groups in total.